The molecule has 4 heteroatoms. The van der Waals surface area contributed by atoms with Gasteiger partial charge in [0.2, 0.25) is 0 Å². The van der Waals surface area contributed by atoms with Gasteiger partial charge < -0.3 is 0 Å². The highest BCUT2D eigenvalue weighted by molar-refractivity contribution is 6.39. The monoisotopic (exact) mass is 231 g/mol. The van der Waals surface area contributed by atoms with E-state index in [-0.39, 0.29) is 10.9 Å². The quantitative estimate of drug-likeness (QED) is 0.546. The highest BCUT2D eigenvalue weighted by Crippen LogP contribution is 2.29. The molecule has 1 heterocycles. The number of Topliss-reactive ketones (excluding diaryl/α,β-unsaturated/α-hetero) is 1. The van der Waals surface area contributed by atoms with Gasteiger partial charge in [0, 0.05) is 11.6 Å². The van der Waals surface area contributed by atoms with E-state index in [0.717, 1.165) is 0 Å². The summed E-state index contributed by atoms with van der Waals surface area (Å²) in [7, 11) is 0. The van der Waals surface area contributed by atoms with Gasteiger partial charge >= 0.3 is 0 Å². The van der Waals surface area contributed by atoms with Crippen molar-refractivity contribution in [2.24, 2.45) is 5.41 Å². The van der Waals surface area contributed by atoms with E-state index in [0.29, 0.717) is 10.6 Å². The summed E-state index contributed by atoms with van der Waals surface area (Å²) in [6, 6.07) is 1.56. The zero-order chi connectivity index (χ0) is 10.9. The molecule has 2 nitrogen and oxygen atoms in total. The van der Waals surface area contributed by atoms with Crippen molar-refractivity contribution in [2.45, 2.75) is 20.8 Å². The van der Waals surface area contributed by atoms with Gasteiger partial charge in [0.1, 0.15) is 5.15 Å². The van der Waals surface area contributed by atoms with Gasteiger partial charge in [0.05, 0.1) is 10.6 Å². The molecule has 0 unspecified atom stereocenters. The molecule has 0 aromatic carbocycles. The topological polar surface area (TPSA) is 30.0 Å². The summed E-state index contributed by atoms with van der Waals surface area (Å²) in [5, 5.41) is 0.516. The summed E-state index contributed by atoms with van der Waals surface area (Å²) >= 11 is 11.7. The van der Waals surface area contributed by atoms with Crippen LogP contribution in [0.4, 0.5) is 0 Å². The number of hydrogen-bond donors (Lipinski definition) is 0. The van der Waals surface area contributed by atoms with Crippen LogP contribution in [0, 0.1) is 5.41 Å². The molecule has 1 aromatic heterocycles. The summed E-state index contributed by atoms with van der Waals surface area (Å²) in [6.07, 6.45) is 1.48. The number of aromatic nitrogens is 1. The first-order chi connectivity index (χ1) is 6.34. The molecular weight excluding hydrogens is 221 g/mol. The second kappa shape index (κ2) is 3.87. The van der Waals surface area contributed by atoms with Gasteiger partial charge in [-0.15, -0.1) is 0 Å². The van der Waals surface area contributed by atoms with E-state index in [1.54, 1.807) is 6.07 Å². The predicted molar refractivity (Wildman–Crippen MR) is 58.0 cm³/mol. The summed E-state index contributed by atoms with van der Waals surface area (Å²) in [4.78, 5) is 15.7. The fourth-order valence-electron chi connectivity index (χ4n) is 0.992. The van der Waals surface area contributed by atoms with Crippen molar-refractivity contribution in [3.8, 4) is 0 Å². The van der Waals surface area contributed by atoms with Crippen LogP contribution in [0.25, 0.3) is 0 Å². The molecule has 0 saturated heterocycles. The third-order valence-corrected chi connectivity index (χ3v) is 2.36. The van der Waals surface area contributed by atoms with Gasteiger partial charge in [-0.25, -0.2) is 4.98 Å². The average Bonchev–Trinajstić information content (AvgIpc) is 2.01. The van der Waals surface area contributed by atoms with E-state index in [1.165, 1.54) is 6.20 Å². The van der Waals surface area contributed by atoms with Crippen LogP contribution in [0.5, 0.6) is 0 Å². The highest BCUT2D eigenvalue weighted by atomic mass is 35.5. The molecule has 0 aliphatic rings. The van der Waals surface area contributed by atoms with Gasteiger partial charge in [-0.2, -0.15) is 0 Å². The molecule has 0 N–H and O–H groups in total. The Bertz CT molecular complexity index is 349. The van der Waals surface area contributed by atoms with Crippen LogP contribution in [0.2, 0.25) is 10.2 Å². The van der Waals surface area contributed by atoms with Crippen LogP contribution in [-0.4, -0.2) is 10.8 Å². The minimum atomic E-state index is -0.504. The molecule has 0 saturated carbocycles. The maximum Gasteiger partial charge on any atom is 0.172 e. The number of pyridine rings is 1. The fraction of sp³-hybridized carbons (Fsp3) is 0.400. The minimum absolute atomic E-state index is 0.0967. The minimum Gasteiger partial charge on any atom is -0.293 e. The number of halogens is 2. The van der Waals surface area contributed by atoms with E-state index in [2.05, 4.69) is 4.98 Å². The third kappa shape index (κ3) is 2.25. The van der Waals surface area contributed by atoms with E-state index in [1.807, 2.05) is 20.8 Å². The van der Waals surface area contributed by atoms with E-state index < -0.39 is 5.41 Å². The Labute approximate surface area is 93.2 Å². The molecule has 0 fully saturated rings. The molecule has 1 rings (SSSR count). The number of nitrogens with zero attached hydrogens (tertiary/aromatic N) is 1. The van der Waals surface area contributed by atoms with Gasteiger partial charge in [0.15, 0.2) is 5.78 Å². The largest absolute Gasteiger partial charge is 0.293 e. The Morgan fingerprint density at radius 2 is 1.93 bits per heavy atom. The summed E-state index contributed by atoms with van der Waals surface area (Å²) in [5.74, 6) is -0.0967. The first-order valence-corrected chi connectivity index (χ1v) is 4.94. The smallest absolute Gasteiger partial charge is 0.172 e. The lowest BCUT2D eigenvalue weighted by atomic mass is 9.87. The van der Waals surface area contributed by atoms with Gasteiger partial charge in [-0.3, -0.25) is 4.79 Å². The van der Waals surface area contributed by atoms with Crippen molar-refractivity contribution in [1.82, 2.24) is 4.98 Å². The van der Waals surface area contributed by atoms with Gasteiger partial charge in [-0.05, 0) is 6.07 Å². The van der Waals surface area contributed by atoms with Crippen LogP contribution in [0.15, 0.2) is 12.3 Å². The van der Waals surface area contributed by atoms with Crippen molar-refractivity contribution >= 4 is 29.0 Å². The first-order valence-electron chi connectivity index (χ1n) is 4.19. The normalized spacial score (nSPS) is 11.5. The molecule has 0 aliphatic carbocycles. The molecule has 0 aliphatic heterocycles. The summed E-state index contributed by atoms with van der Waals surface area (Å²) in [6.45, 7) is 5.44. The van der Waals surface area contributed by atoms with Crippen LogP contribution >= 0.6 is 23.2 Å². The second-order valence-electron chi connectivity index (χ2n) is 4.04. The number of carbonyl (C=O) groups is 1. The van der Waals surface area contributed by atoms with Gasteiger partial charge in [0.25, 0.3) is 0 Å². The van der Waals surface area contributed by atoms with Crippen molar-refractivity contribution < 1.29 is 4.79 Å². The fourth-order valence-corrected chi connectivity index (χ4v) is 1.52. The SMILES string of the molecule is CC(C)(C)C(=O)c1c(Cl)ccnc1Cl. The van der Waals surface area contributed by atoms with Crippen molar-refractivity contribution in [3.05, 3.63) is 28.0 Å². The molecule has 0 bridgehead atoms. The first kappa shape index (κ1) is 11.5. The summed E-state index contributed by atoms with van der Waals surface area (Å²) < 4.78 is 0. The predicted octanol–water partition coefficient (Wildman–Crippen LogP) is 3.62. The molecule has 14 heavy (non-hydrogen) atoms. The van der Waals surface area contributed by atoms with E-state index in [4.69, 9.17) is 23.2 Å². The molecule has 0 spiro atoms. The lowest BCUT2D eigenvalue weighted by Crippen LogP contribution is -2.21. The van der Waals surface area contributed by atoms with Crippen molar-refractivity contribution in [1.29, 1.82) is 0 Å². The Hall–Kier alpha value is -0.600. The lowest BCUT2D eigenvalue weighted by Gasteiger charge is -2.17. The lowest BCUT2D eigenvalue weighted by molar-refractivity contribution is 0.0858. The molecule has 0 amide bonds. The Morgan fingerprint density at radius 1 is 1.36 bits per heavy atom. The van der Waals surface area contributed by atoms with Crippen molar-refractivity contribution in [2.75, 3.05) is 0 Å². The van der Waals surface area contributed by atoms with E-state index >= 15 is 0 Å². The van der Waals surface area contributed by atoms with Crippen LogP contribution in [0.1, 0.15) is 31.1 Å². The average molecular weight is 232 g/mol. The third-order valence-electron chi connectivity index (χ3n) is 1.76. The molecule has 0 radical (unpaired) electrons. The number of carbonyl (C=O) groups excluding carboxylic acids is 1. The molecule has 0 atom stereocenters. The molecular formula is C10H11Cl2NO. The highest BCUT2D eigenvalue weighted by Gasteiger charge is 2.27. The van der Waals surface area contributed by atoms with Crippen LogP contribution in [-0.2, 0) is 0 Å². The van der Waals surface area contributed by atoms with Gasteiger partial charge in [-0.1, -0.05) is 44.0 Å². The van der Waals surface area contributed by atoms with Crippen LogP contribution in [0.3, 0.4) is 0 Å². The molecule has 76 valence electrons. The van der Waals surface area contributed by atoms with Crippen molar-refractivity contribution in [3.63, 3.8) is 0 Å². The Kier molecular flexibility index (Phi) is 3.17. The maximum atomic E-state index is 11.9. The summed E-state index contributed by atoms with van der Waals surface area (Å²) in [5.41, 5.74) is -0.195. The number of ketones is 1. The standard InChI is InChI=1S/C10H11Cl2NO/c1-10(2,3)8(14)7-6(11)4-5-13-9(7)12/h4-5H,1-3H3. The Balaban J connectivity index is 3.26. The zero-order valence-corrected chi connectivity index (χ0v) is 9.78. The molecule has 1 aromatic rings. The zero-order valence-electron chi connectivity index (χ0n) is 8.27. The van der Waals surface area contributed by atoms with Crippen LogP contribution < -0.4 is 0 Å². The van der Waals surface area contributed by atoms with E-state index in [9.17, 15) is 4.79 Å². The number of rotatable bonds is 1. The maximum absolute atomic E-state index is 11.9. The second-order valence-corrected chi connectivity index (χ2v) is 4.80. The number of hydrogen-bond acceptors (Lipinski definition) is 2. The Morgan fingerprint density at radius 3 is 2.36 bits per heavy atom.